The van der Waals surface area contributed by atoms with Gasteiger partial charge in [0, 0.05) is 22.3 Å². The Hall–Kier alpha value is -2.51. The molecule has 2 aromatic carbocycles. The quantitative estimate of drug-likeness (QED) is 0.495. The third kappa shape index (κ3) is 5.34. The molecule has 3 rings (SSSR count). The molecule has 0 aliphatic heterocycles. The Morgan fingerprint density at radius 3 is 2.53 bits per heavy atom. The number of carbonyl (C=O) groups excluding carboxylic acids is 1. The topological polar surface area (TPSA) is 69.0 Å². The lowest BCUT2D eigenvalue weighted by Crippen LogP contribution is -2.36. The molecule has 1 heterocycles. The van der Waals surface area contributed by atoms with Crippen LogP contribution in [0.25, 0.3) is 17.1 Å². The molecule has 0 fully saturated rings. The molecule has 3 aromatic rings. The summed E-state index contributed by atoms with van der Waals surface area (Å²) in [5.74, 6) is 1.40. The fourth-order valence-electron chi connectivity index (χ4n) is 2.87. The van der Waals surface area contributed by atoms with E-state index >= 15 is 0 Å². The van der Waals surface area contributed by atoms with Gasteiger partial charge in [0.25, 0.3) is 0 Å². The van der Waals surface area contributed by atoms with E-state index in [1.807, 2.05) is 80.8 Å². The van der Waals surface area contributed by atoms with Crippen LogP contribution in [-0.4, -0.2) is 38.6 Å². The number of halogens is 1. The lowest BCUT2D eigenvalue weighted by Gasteiger charge is -2.15. The van der Waals surface area contributed by atoms with E-state index in [0.717, 1.165) is 17.0 Å². The maximum atomic E-state index is 12.4. The van der Waals surface area contributed by atoms with E-state index in [1.54, 1.807) is 0 Å². The van der Waals surface area contributed by atoms with Gasteiger partial charge >= 0.3 is 0 Å². The molecule has 0 saturated carbocycles. The van der Waals surface area contributed by atoms with Gasteiger partial charge in [-0.15, -0.1) is 10.2 Å². The van der Waals surface area contributed by atoms with E-state index in [2.05, 4.69) is 15.5 Å². The number of benzene rings is 2. The summed E-state index contributed by atoms with van der Waals surface area (Å²) < 4.78 is 7.49. The van der Waals surface area contributed by atoms with Crippen molar-refractivity contribution in [3.05, 3.63) is 53.6 Å². The Balaban J connectivity index is 2.01. The number of carbonyl (C=O) groups is 1. The van der Waals surface area contributed by atoms with Crippen LogP contribution in [0.15, 0.2) is 53.7 Å². The van der Waals surface area contributed by atoms with Crippen LogP contribution in [-0.2, 0) is 4.79 Å². The van der Waals surface area contributed by atoms with E-state index in [1.165, 1.54) is 11.8 Å². The van der Waals surface area contributed by atoms with Gasteiger partial charge in [-0.3, -0.25) is 9.36 Å². The Bertz CT molecular complexity index is 1000. The summed E-state index contributed by atoms with van der Waals surface area (Å²) in [5, 5.41) is 12.6. The van der Waals surface area contributed by atoms with E-state index < -0.39 is 0 Å². The van der Waals surface area contributed by atoms with Gasteiger partial charge in [-0.05, 0) is 64.1 Å². The molecule has 1 unspecified atom stereocenters. The number of thioether (sulfide) groups is 1. The number of ether oxygens (including phenoxy) is 1. The Morgan fingerprint density at radius 2 is 1.90 bits per heavy atom. The first-order chi connectivity index (χ1) is 14.4. The molecule has 0 radical (unpaired) electrons. The first kappa shape index (κ1) is 22.2. The average molecular weight is 445 g/mol. The Morgan fingerprint density at radius 1 is 1.17 bits per heavy atom. The normalized spacial score (nSPS) is 12.1. The molecule has 0 aliphatic carbocycles. The van der Waals surface area contributed by atoms with Gasteiger partial charge in [-0.1, -0.05) is 35.5 Å². The van der Waals surface area contributed by atoms with E-state index in [4.69, 9.17) is 16.3 Å². The molecule has 1 amide bonds. The SMILES string of the molecule is CCOc1ccc(-n2c(SC(C)C(=O)NC(C)C)nnc2-c2cccc(Cl)c2)cc1. The van der Waals surface area contributed by atoms with Crippen molar-refractivity contribution in [1.29, 1.82) is 0 Å². The van der Waals surface area contributed by atoms with E-state index in [-0.39, 0.29) is 17.2 Å². The van der Waals surface area contributed by atoms with Crippen LogP contribution in [0, 0.1) is 0 Å². The second-order valence-corrected chi connectivity index (χ2v) is 8.75. The zero-order valence-corrected chi connectivity index (χ0v) is 19.0. The zero-order valence-electron chi connectivity index (χ0n) is 17.4. The summed E-state index contributed by atoms with van der Waals surface area (Å²) in [6.45, 7) is 8.29. The standard InChI is InChI=1S/C22H25ClN4O2S/c1-5-29-19-11-9-18(10-12-19)27-20(16-7-6-8-17(23)13-16)25-26-22(27)30-15(4)21(28)24-14(2)3/h6-15H,5H2,1-4H3,(H,24,28). The molecule has 8 heteroatoms. The molecule has 6 nitrogen and oxygen atoms in total. The van der Waals surface area contributed by atoms with Gasteiger partial charge in [0.2, 0.25) is 5.91 Å². The van der Waals surface area contributed by atoms with Crippen LogP contribution < -0.4 is 10.1 Å². The maximum absolute atomic E-state index is 12.4. The predicted octanol–water partition coefficient (Wildman–Crippen LogP) is 4.99. The van der Waals surface area contributed by atoms with Crippen molar-refractivity contribution in [1.82, 2.24) is 20.1 Å². The lowest BCUT2D eigenvalue weighted by atomic mass is 10.2. The summed E-state index contributed by atoms with van der Waals surface area (Å²) in [5.41, 5.74) is 1.72. The Kier molecular flexibility index (Phi) is 7.39. The van der Waals surface area contributed by atoms with Crippen LogP contribution in [0.2, 0.25) is 5.02 Å². The van der Waals surface area contributed by atoms with Crippen molar-refractivity contribution in [2.75, 3.05) is 6.61 Å². The minimum Gasteiger partial charge on any atom is -0.494 e. The number of nitrogens with zero attached hydrogens (tertiary/aromatic N) is 3. The molecular weight excluding hydrogens is 420 g/mol. The molecule has 1 atom stereocenters. The highest BCUT2D eigenvalue weighted by Gasteiger charge is 2.22. The number of hydrogen-bond acceptors (Lipinski definition) is 5. The second kappa shape index (κ2) is 10.00. The van der Waals surface area contributed by atoms with Crippen molar-refractivity contribution < 1.29 is 9.53 Å². The highest BCUT2D eigenvalue weighted by Crippen LogP contribution is 2.31. The summed E-state index contributed by atoms with van der Waals surface area (Å²) in [4.78, 5) is 12.4. The smallest absolute Gasteiger partial charge is 0.233 e. The van der Waals surface area contributed by atoms with Crippen molar-refractivity contribution in [2.24, 2.45) is 0 Å². The van der Waals surface area contributed by atoms with Crippen molar-refractivity contribution in [2.45, 2.75) is 44.1 Å². The third-order valence-corrected chi connectivity index (χ3v) is 5.48. The third-order valence-electron chi connectivity index (χ3n) is 4.20. The molecule has 1 N–H and O–H groups in total. The van der Waals surface area contributed by atoms with Gasteiger partial charge in [-0.25, -0.2) is 0 Å². The maximum Gasteiger partial charge on any atom is 0.233 e. The fraction of sp³-hybridized carbons (Fsp3) is 0.318. The van der Waals surface area contributed by atoms with Crippen LogP contribution in [0.4, 0.5) is 0 Å². The lowest BCUT2D eigenvalue weighted by molar-refractivity contribution is -0.120. The van der Waals surface area contributed by atoms with E-state index in [9.17, 15) is 4.79 Å². The van der Waals surface area contributed by atoms with Gasteiger partial charge in [0.05, 0.1) is 11.9 Å². The second-order valence-electron chi connectivity index (χ2n) is 7.00. The molecule has 0 bridgehead atoms. The first-order valence-electron chi connectivity index (χ1n) is 9.80. The highest BCUT2D eigenvalue weighted by atomic mass is 35.5. The zero-order chi connectivity index (χ0) is 21.7. The number of aromatic nitrogens is 3. The van der Waals surface area contributed by atoms with Crippen molar-refractivity contribution in [3.63, 3.8) is 0 Å². The molecule has 0 saturated heterocycles. The molecular formula is C22H25ClN4O2S. The number of hydrogen-bond donors (Lipinski definition) is 1. The number of amides is 1. The van der Waals surface area contributed by atoms with Crippen LogP contribution in [0.5, 0.6) is 5.75 Å². The molecule has 1 aromatic heterocycles. The minimum atomic E-state index is -0.328. The number of nitrogens with one attached hydrogen (secondary N) is 1. The van der Waals surface area contributed by atoms with Gasteiger partial charge < -0.3 is 10.1 Å². The fourth-order valence-corrected chi connectivity index (χ4v) is 3.93. The van der Waals surface area contributed by atoms with Crippen molar-refractivity contribution >= 4 is 29.3 Å². The largest absolute Gasteiger partial charge is 0.494 e. The summed E-state index contributed by atoms with van der Waals surface area (Å²) in [6, 6.07) is 15.3. The van der Waals surface area contributed by atoms with Crippen LogP contribution >= 0.6 is 23.4 Å². The van der Waals surface area contributed by atoms with Crippen molar-refractivity contribution in [3.8, 4) is 22.8 Å². The van der Waals surface area contributed by atoms with Crippen LogP contribution in [0.3, 0.4) is 0 Å². The summed E-state index contributed by atoms with van der Waals surface area (Å²) in [6.07, 6.45) is 0. The molecule has 30 heavy (non-hydrogen) atoms. The van der Waals surface area contributed by atoms with Gasteiger partial charge in [0.15, 0.2) is 11.0 Å². The number of rotatable bonds is 8. The van der Waals surface area contributed by atoms with Gasteiger partial charge in [-0.2, -0.15) is 0 Å². The monoisotopic (exact) mass is 444 g/mol. The summed E-state index contributed by atoms with van der Waals surface area (Å²) >= 11 is 7.56. The molecule has 0 aliphatic rings. The van der Waals surface area contributed by atoms with E-state index in [0.29, 0.717) is 22.6 Å². The van der Waals surface area contributed by atoms with Gasteiger partial charge in [0.1, 0.15) is 5.75 Å². The van der Waals surface area contributed by atoms with Crippen LogP contribution in [0.1, 0.15) is 27.7 Å². The highest BCUT2D eigenvalue weighted by molar-refractivity contribution is 8.00. The Labute approximate surface area is 186 Å². The minimum absolute atomic E-state index is 0.0412. The first-order valence-corrected chi connectivity index (χ1v) is 11.1. The molecule has 0 spiro atoms. The average Bonchev–Trinajstić information content (AvgIpc) is 3.12. The molecule has 158 valence electrons. The summed E-state index contributed by atoms with van der Waals surface area (Å²) in [7, 11) is 0. The predicted molar refractivity (Wildman–Crippen MR) is 122 cm³/mol.